The van der Waals surface area contributed by atoms with Crippen molar-refractivity contribution in [2.45, 2.75) is 30.1 Å². The van der Waals surface area contributed by atoms with E-state index in [4.69, 9.17) is 5.11 Å². The van der Waals surface area contributed by atoms with Crippen LogP contribution >= 0.6 is 15.9 Å². The maximum atomic E-state index is 9.88. The zero-order valence-electron chi connectivity index (χ0n) is 6.43. The van der Waals surface area contributed by atoms with Gasteiger partial charge in [-0.25, -0.2) is 0 Å². The third-order valence-electron chi connectivity index (χ3n) is 0.626. The molecule has 0 spiro atoms. The standard InChI is InChI=1S/C4H7BrO2.C2H5.Zn/c1-2-3(5)4(6)7;1-2;/h3H,2H2,1H3,(H,6,7);1H2,2H3;. The Bertz CT molecular complexity index is 87.8. The van der Waals surface area contributed by atoms with E-state index in [0.717, 1.165) is 0 Å². The number of hydrogen-bond acceptors (Lipinski definition) is 1. The molecule has 0 radical (unpaired) electrons. The molecule has 0 saturated carbocycles. The van der Waals surface area contributed by atoms with Crippen molar-refractivity contribution in [3.8, 4) is 0 Å². The van der Waals surface area contributed by atoms with Gasteiger partial charge >= 0.3 is 36.2 Å². The monoisotopic (exact) mass is 259 g/mol. The van der Waals surface area contributed by atoms with Gasteiger partial charge in [0, 0.05) is 0 Å². The Hall–Kier alpha value is 0.573. The molecule has 0 aromatic carbocycles. The fourth-order valence-corrected chi connectivity index (χ4v) is 0.175. The van der Waals surface area contributed by atoms with Gasteiger partial charge in [-0.2, -0.15) is 0 Å². The zero-order chi connectivity index (χ0) is 8.57. The van der Waals surface area contributed by atoms with Crippen molar-refractivity contribution < 1.29 is 28.2 Å². The molecule has 0 fully saturated rings. The van der Waals surface area contributed by atoms with Crippen molar-refractivity contribution in [1.29, 1.82) is 0 Å². The molecule has 10 heavy (non-hydrogen) atoms. The summed E-state index contributed by atoms with van der Waals surface area (Å²) >= 11 is 4.39. The van der Waals surface area contributed by atoms with E-state index in [9.17, 15) is 4.79 Å². The van der Waals surface area contributed by atoms with Crippen LogP contribution in [0.5, 0.6) is 0 Å². The van der Waals surface area contributed by atoms with Crippen LogP contribution in [0.15, 0.2) is 0 Å². The first-order chi connectivity index (χ1) is 4.59. The molecule has 1 atom stereocenters. The van der Waals surface area contributed by atoms with E-state index >= 15 is 0 Å². The quantitative estimate of drug-likeness (QED) is 0.611. The topological polar surface area (TPSA) is 37.3 Å². The fraction of sp³-hybridized carbons (Fsp3) is 0.833. The van der Waals surface area contributed by atoms with E-state index in [-0.39, 0.29) is 4.83 Å². The zero-order valence-corrected chi connectivity index (χ0v) is 11.0. The van der Waals surface area contributed by atoms with Crippen LogP contribution in [0.25, 0.3) is 0 Å². The van der Waals surface area contributed by atoms with Crippen molar-refractivity contribution in [2.24, 2.45) is 0 Å². The van der Waals surface area contributed by atoms with Crippen LogP contribution in [0.4, 0.5) is 0 Å². The number of carboxylic acids is 1. The molecule has 0 aliphatic carbocycles. The predicted octanol–water partition coefficient (Wildman–Crippen LogP) is 2.22. The van der Waals surface area contributed by atoms with Gasteiger partial charge in [-0.05, 0) is 6.42 Å². The molecule has 0 bridgehead atoms. The Kier molecular flexibility index (Phi) is 12.6. The minimum atomic E-state index is -0.789. The Labute approximate surface area is 80.2 Å². The van der Waals surface area contributed by atoms with Crippen LogP contribution in [0.2, 0.25) is 5.02 Å². The van der Waals surface area contributed by atoms with Gasteiger partial charge < -0.3 is 5.11 Å². The summed E-state index contributed by atoms with van der Waals surface area (Å²) in [5.41, 5.74) is 0. The summed E-state index contributed by atoms with van der Waals surface area (Å²) in [7, 11) is 0. The number of alkyl halides is 1. The summed E-state index contributed by atoms with van der Waals surface area (Å²) in [5.74, 6) is -0.789. The van der Waals surface area contributed by atoms with E-state index in [1.165, 1.54) is 23.3 Å². The van der Waals surface area contributed by atoms with E-state index < -0.39 is 5.97 Å². The van der Waals surface area contributed by atoms with Crippen LogP contribution in [-0.2, 0) is 23.1 Å². The third-order valence-corrected chi connectivity index (χ3v) is 1.67. The second-order valence-electron chi connectivity index (χ2n) is 1.71. The molecule has 0 aliphatic heterocycles. The summed E-state index contributed by atoms with van der Waals surface area (Å²) < 4.78 is 0. The van der Waals surface area contributed by atoms with Gasteiger partial charge in [0.05, 0.1) is 0 Å². The number of carbonyl (C=O) groups is 1. The molecule has 0 amide bonds. The Balaban J connectivity index is 0. The molecular weight excluding hydrogens is 249 g/mol. The van der Waals surface area contributed by atoms with Crippen molar-refractivity contribution in [3.63, 3.8) is 0 Å². The van der Waals surface area contributed by atoms with Crippen molar-refractivity contribution in [1.82, 2.24) is 0 Å². The molecule has 0 saturated heterocycles. The molecule has 1 N–H and O–H groups in total. The van der Waals surface area contributed by atoms with Crippen LogP contribution in [-0.4, -0.2) is 15.9 Å². The molecular formula is C6H12BrO2Zn. The first-order valence-electron chi connectivity index (χ1n) is 3.26. The molecule has 0 rings (SSSR count). The van der Waals surface area contributed by atoms with Gasteiger partial charge in [0.1, 0.15) is 4.83 Å². The van der Waals surface area contributed by atoms with Gasteiger partial charge in [0.2, 0.25) is 0 Å². The van der Waals surface area contributed by atoms with Gasteiger partial charge in [-0.1, -0.05) is 22.9 Å². The number of carboxylic acid groups (broad SMARTS) is 1. The first-order valence-corrected chi connectivity index (χ1v) is 6.27. The average Bonchev–Trinajstić information content (AvgIpc) is 1.88. The Morgan fingerprint density at radius 1 is 1.70 bits per heavy atom. The van der Waals surface area contributed by atoms with E-state index in [2.05, 4.69) is 22.9 Å². The Morgan fingerprint density at radius 3 is 2.00 bits per heavy atom. The maximum absolute atomic E-state index is 9.88. The number of aliphatic carboxylic acids is 1. The van der Waals surface area contributed by atoms with Crippen molar-refractivity contribution in [3.05, 3.63) is 0 Å². The third kappa shape index (κ3) is 11.4. The molecule has 1 unspecified atom stereocenters. The number of halogens is 1. The van der Waals surface area contributed by atoms with Crippen LogP contribution in [0, 0.1) is 0 Å². The van der Waals surface area contributed by atoms with Crippen LogP contribution in [0.1, 0.15) is 20.3 Å². The average molecular weight is 261 g/mol. The molecule has 0 aromatic rings. The van der Waals surface area contributed by atoms with Gasteiger partial charge in [-0.15, -0.1) is 0 Å². The minimum absolute atomic E-state index is 0.368. The van der Waals surface area contributed by atoms with E-state index in [1.807, 2.05) is 6.92 Å². The summed E-state index contributed by atoms with van der Waals surface area (Å²) in [4.78, 5) is 9.52. The number of hydrogen-bond donors (Lipinski definition) is 1. The molecule has 4 heteroatoms. The van der Waals surface area contributed by atoms with Gasteiger partial charge in [0.15, 0.2) is 0 Å². The van der Waals surface area contributed by atoms with Crippen LogP contribution < -0.4 is 0 Å². The summed E-state index contributed by atoms with van der Waals surface area (Å²) in [6.45, 7) is 3.99. The Morgan fingerprint density at radius 2 is 2.00 bits per heavy atom. The number of rotatable bonds is 2. The van der Waals surface area contributed by atoms with E-state index in [0.29, 0.717) is 6.42 Å². The summed E-state index contributed by atoms with van der Waals surface area (Å²) in [5, 5.41) is 9.51. The van der Waals surface area contributed by atoms with Gasteiger partial charge in [-0.3, -0.25) is 4.79 Å². The SMILES string of the molecule is CCC(Br)C(=O)O.C[CH2][Zn]. The molecule has 0 aromatic heterocycles. The summed E-state index contributed by atoms with van der Waals surface area (Å²) in [6, 6.07) is 0. The van der Waals surface area contributed by atoms with Crippen LogP contribution in [0.3, 0.4) is 0 Å². The second-order valence-corrected chi connectivity index (χ2v) is 4.92. The van der Waals surface area contributed by atoms with Gasteiger partial charge in [0.25, 0.3) is 0 Å². The molecule has 57 valence electrons. The van der Waals surface area contributed by atoms with Crippen molar-refractivity contribution >= 4 is 21.9 Å². The first kappa shape index (κ1) is 13.2. The normalized spacial score (nSPS) is 11.3. The predicted molar refractivity (Wildman–Crippen MR) is 41.1 cm³/mol. The second kappa shape index (κ2) is 9.57. The fourth-order valence-electron chi connectivity index (χ4n) is 0.175. The molecule has 0 aliphatic rings. The molecule has 0 heterocycles. The van der Waals surface area contributed by atoms with E-state index in [1.54, 1.807) is 0 Å². The summed E-state index contributed by atoms with van der Waals surface area (Å²) in [6.07, 6.45) is 0.634. The molecule has 2 nitrogen and oxygen atoms in total. The van der Waals surface area contributed by atoms with Crippen molar-refractivity contribution in [2.75, 3.05) is 0 Å².